The maximum atomic E-state index is 11.0. The van der Waals surface area contributed by atoms with Gasteiger partial charge in [0.25, 0.3) is 0 Å². The molecule has 0 aliphatic rings. The molecule has 0 atom stereocenters. The standard InChI is InChI=1S/C13H18O4/c1-9(2)10-5-6-11(12(7-10)15-3)17-8-13(14)16-4/h5-7,9H,8H2,1-4H3. The molecule has 0 spiro atoms. The largest absolute Gasteiger partial charge is 0.493 e. The number of esters is 1. The zero-order valence-electron chi connectivity index (χ0n) is 10.6. The minimum absolute atomic E-state index is 0.117. The van der Waals surface area contributed by atoms with E-state index >= 15 is 0 Å². The Morgan fingerprint density at radius 3 is 2.47 bits per heavy atom. The van der Waals surface area contributed by atoms with Crippen LogP contribution in [-0.2, 0) is 9.53 Å². The molecule has 0 radical (unpaired) electrons. The van der Waals surface area contributed by atoms with Crippen LogP contribution in [0.25, 0.3) is 0 Å². The fourth-order valence-corrected chi connectivity index (χ4v) is 1.36. The van der Waals surface area contributed by atoms with E-state index in [4.69, 9.17) is 9.47 Å². The zero-order chi connectivity index (χ0) is 12.8. The fourth-order valence-electron chi connectivity index (χ4n) is 1.36. The molecule has 0 aliphatic heterocycles. The molecular formula is C13H18O4. The molecule has 1 aromatic rings. The predicted octanol–water partition coefficient (Wildman–Crippen LogP) is 2.37. The number of carbonyl (C=O) groups excluding carboxylic acids is 1. The van der Waals surface area contributed by atoms with Crippen LogP contribution < -0.4 is 9.47 Å². The van der Waals surface area contributed by atoms with Crippen molar-refractivity contribution in [2.75, 3.05) is 20.8 Å². The van der Waals surface area contributed by atoms with Crippen molar-refractivity contribution in [2.45, 2.75) is 19.8 Å². The summed E-state index contributed by atoms with van der Waals surface area (Å²) in [5.41, 5.74) is 1.16. The van der Waals surface area contributed by atoms with E-state index in [2.05, 4.69) is 18.6 Å². The Balaban J connectivity index is 2.81. The molecule has 0 amide bonds. The second-order valence-electron chi connectivity index (χ2n) is 3.93. The summed E-state index contributed by atoms with van der Waals surface area (Å²) in [7, 11) is 2.90. The van der Waals surface area contributed by atoms with Crippen LogP contribution in [-0.4, -0.2) is 26.8 Å². The Morgan fingerprint density at radius 1 is 1.24 bits per heavy atom. The number of hydrogen-bond acceptors (Lipinski definition) is 4. The highest BCUT2D eigenvalue weighted by Gasteiger charge is 2.09. The summed E-state index contributed by atoms with van der Waals surface area (Å²) in [5, 5.41) is 0. The maximum Gasteiger partial charge on any atom is 0.343 e. The first-order chi connectivity index (χ1) is 8.08. The minimum atomic E-state index is -0.417. The summed E-state index contributed by atoms with van der Waals surface area (Å²) < 4.78 is 15.0. The van der Waals surface area contributed by atoms with Gasteiger partial charge in [-0.05, 0) is 23.6 Å². The number of benzene rings is 1. The van der Waals surface area contributed by atoms with E-state index in [9.17, 15) is 4.79 Å². The number of ether oxygens (including phenoxy) is 3. The van der Waals surface area contributed by atoms with Crippen molar-refractivity contribution >= 4 is 5.97 Å². The van der Waals surface area contributed by atoms with Gasteiger partial charge in [-0.15, -0.1) is 0 Å². The number of rotatable bonds is 5. The van der Waals surface area contributed by atoms with Crippen molar-refractivity contribution in [3.8, 4) is 11.5 Å². The molecule has 0 aromatic heterocycles. The lowest BCUT2D eigenvalue weighted by molar-refractivity contribution is -0.142. The van der Waals surface area contributed by atoms with E-state index in [1.807, 2.05) is 12.1 Å². The van der Waals surface area contributed by atoms with Crippen LogP contribution in [0, 0.1) is 0 Å². The van der Waals surface area contributed by atoms with E-state index in [1.165, 1.54) is 7.11 Å². The van der Waals surface area contributed by atoms with Crippen molar-refractivity contribution < 1.29 is 19.0 Å². The van der Waals surface area contributed by atoms with Crippen molar-refractivity contribution in [3.63, 3.8) is 0 Å². The van der Waals surface area contributed by atoms with Crippen molar-refractivity contribution in [3.05, 3.63) is 23.8 Å². The smallest absolute Gasteiger partial charge is 0.343 e. The molecule has 1 aromatic carbocycles. The quantitative estimate of drug-likeness (QED) is 0.739. The van der Waals surface area contributed by atoms with E-state index in [-0.39, 0.29) is 6.61 Å². The Kier molecular flexibility index (Phi) is 4.82. The summed E-state index contributed by atoms with van der Waals surface area (Å²) in [6.45, 7) is 4.08. The van der Waals surface area contributed by atoms with Crippen LogP contribution in [0.1, 0.15) is 25.3 Å². The van der Waals surface area contributed by atoms with Crippen LogP contribution in [0.2, 0.25) is 0 Å². The van der Waals surface area contributed by atoms with Gasteiger partial charge in [0, 0.05) is 0 Å². The molecule has 0 bridgehead atoms. The molecule has 0 N–H and O–H groups in total. The molecule has 0 heterocycles. The third-order valence-corrected chi connectivity index (χ3v) is 2.43. The Hall–Kier alpha value is -1.71. The van der Waals surface area contributed by atoms with Gasteiger partial charge in [0.05, 0.1) is 14.2 Å². The van der Waals surface area contributed by atoms with Gasteiger partial charge in [-0.1, -0.05) is 19.9 Å². The molecule has 0 aliphatic carbocycles. The summed E-state index contributed by atoms with van der Waals surface area (Å²) >= 11 is 0. The van der Waals surface area contributed by atoms with Gasteiger partial charge in [-0.2, -0.15) is 0 Å². The zero-order valence-corrected chi connectivity index (χ0v) is 10.6. The van der Waals surface area contributed by atoms with Crippen LogP contribution in [0.5, 0.6) is 11.5 Å². The van der Waals surface area contributed by atoms with E-state index in [0.717, 1.165) is 5.56 Å². The fraction of sp³-hybridized carbons (Fsp3) is 0.462. The molecule has 4 nitrogen and oxygen atoms in total. The van der Waals surface area contributed by atoms with Gasteiger partial charge < -0.3 is 14.2 Å². The molecule has 0 unspecified atom stereocenters. The number of hydrogen-bond donors (Lipinski definition) is 0. The van der Waals surface area contributed by atoms with Gasteiger partial charge in [-0.3, -0.25) is 0 Å². The molecule has 0 saturated carbocycles. The Morgan fingerprint density at radius 2 is 1.94 bits per heavy atom. The lowest BCUT2D eigenvalue weighted by Crippen LogP contribution is -2.13. The number of carbonyl (C=O) groups is 1. The molecule has 0 saturated heterocycles. The summed E-state index contributed by atoms with van der Waals surface area (Å²) in [6.07, 6.45) is 0. The summed E-state index contributed by atoms with van der Waals surface area (Å²) in [6, 6.07) is 5.67. The van der Waals surface area contributed by atoms with Gasteiger partial charge in [0.2, 0.25) is 0 Å². The summed E-state index contributed by atoms with van der Waals surface area (Å²) in [5.74, 6) is 1.17. The molecule has 94 valence electrons. The highest BCUT2D eigenvalue weighted by Crippen LogP contribution is 2.30. The Labute approximate surface area is 101 Å². The molecule has 1 rings (SSSR count). The van der Waals surface area contributed by atoms with E-state index in [0.29, 0.717) is 17.4 Å². The third kappa shape index (κ3) is 3.66. The van der Waals surface area contributed by atoms with E-state index < -0.39 is 5.97 Å². The average molecular weight is 238 g/mol. The number of methoxy groups -OCH3 is 2. The topological polar surface area (TPSA) is 44.8 Å². The monoisotopic (exact) mass is 238 g/mol. The average Bonchev–Trinajstić information content (AvgIpc) is 2.35. The summed E-state index contributed by atoms with van der Waals surface area (Å²) in [4.78, 5) is 11.0. The minimum Gasteiger partial charge on any atom is -0.493 e. The highest BCUT2D eigenvalue weighted by atomic mass is 16.6. The second-order valence-corrected chi connectivity index (χ2v) is 3.93. The third-order valence-electron chi connectivity index (χ3n) is 2.43. The normalized spacial score (nSPS) is 10.2. The van der Waals surface area contributed by atoms with E-state index in [1.54, 1.807) is 13.2 Å². The van der Waals surface area contributed by atoms with Crippen molar-refractivity contribution in [1.29, 1.82) is 0 Å². The lowest BCUT2D eigenvalue weighted by Gasteiger charge is -2.12. The molecule has 17 heavy (non-hydrogen) atoms. The van der Waals surface area contributed by atoms with Crippen molar-refractivity contribution in [1.82, 2.24) is 0 Å². The highest BCUT2D eigenvalue weighted by molar-refractivity contribution is 5.71. The first kappa shape index (κ1) is 13.4. The molecular weight excluding hydrogens is 220 g/mol. The van der Waals surface area contributed by atoms with Crippen LogP contribution in [0.3, 0.4) is 0 Å². The van der Waals surface area contributed by atoms with Gasteiger partial charge in [0.1, 0.15) is 0 Å². The van der Waals surface area contributed by atoms with Gasteiger partial charge in [-0.25, -0.2) is 4.79 Å². The maximum absolute atomic E-state index is 11.0. The molecule has 0 fully saturated rings. The van der Waals surface area contributed by atoms with Gasteiger partial charge in [0.15, 0.2) is 18.1 Å². The SMILES string of the molecule is COC(=O)COc1ccc(C(C)C)cc1OC. The van der Waals surface area contributed by atoms with Crippen LogP contribution in [0.4, 0.5) is 0 Å². The van der Waals surface area contributed by atoms with Gasteiger partial charge >= 0.3 is 5.97 Å². The first-order valence-electron chi connectivity index (χ1n) is 5.46. The Bertz CT molecular complexity index is 385. The van der Waals surface area contributed by atoms with Crippen LogP contribution >= 0.6 is 0 Å². The first-order valence-corrected chi connectivity index (χ1v) is 5.46. The lowest BCUT2D eigenvalue weighted by atomic mass is 10.0. The second kappa shape index (κ2) is 6.13. The predicted molar refractivity (Wildman–Crippen MR) is 64.6 cm³/mol. The molecule has 4 heteroatoms. The van der Waals surface area contributed by atoms with Crippen LogP contribution in [0.15, 0.2) is 18.2 Å². The van der Waals surface area contributed by atoms with Crippen molar-refractivity contribution in [2.24, 2.45) is 0 Å².